The van der Waals surface area contributed by atoms with Crippen LogP contribution in [0.4, 0.5) is 5.69 Å². The zero-order valence-electron chi connectivity index (χ0n) is 13.2. The van der Waals surface area contributed by atoms with Gasteiger partial charge >= 0.3 is 5.17 Å². The monoisotopic (exact) mass is 336 g/mol. The number of hydrogen-bond donors (Lipinski definition) is 1. The highest BCUT2D eigenvalue weighted by molar-refractivity contribution is 8.13. The summed E-state index contributed by atoms with van der Waals surface area (Å²) < 4.78 is 2.11. The number of amidine groups is 1. The van der Waals surface area contributed by atoms with E-state index in [0.717, 1.165) is 35.1 Å². The molecule has 0 radical (unpaired) electrons. The maximum atomic E-state index is 11.5. The van der Waals surface area contributed by atoms with Crippen molar-refractivity contribution >= 4 is 22.6 Å². The summed E-state index contributed by atoms with van der Waals surface area (Å²) in [7, 11) is 0. The number of nitrogens with zero attached hydrogens (tertiary/aromatic N) is 3. The Hall–Kier alpha value is -2.29. The molecule has 0 aromatic heterocycles. The zero-order chi connectivity index (χ0) is 16.6. The van der Waals surface area contributed by atoms with Gasteiger partial charge in [-0.2, -0.15) is 5.26 Å². The Balaban J connectivity index is 1.79. The Morgan fingerprint density at radius 2 is 1.88 bits per heavy atom. The Morgan fingerprint density at radius 3 is 2.58 bits per heavy atom. The Bertz CT molecular complexity index is 826. The van der Waals surface area contributed by atoms with Crippen LogP contribution in [0, 0.1) is 11.3 Å². The molecule has 0 spiro atoms. The van der Waals surface area contributed by atoms with Crippen LogP contribution in [-0.2, 0) is 5.72 Å². The van der Waals surface area contributed by atoms with Crippen LogP contribution in [0.3, 0.4) is 0 Å². The molecule has 0 saturated carbocycles. The molecule has 2 aliphatic rings. The molecule has 24 heavy (non-hydrogen) atoms. The number of thioether (sulfide) groups is 1. The third kappa shape index (κ3) is 2.39. The maximum Gasteiger partial charge on any atom is 0.316 e. The highest BCUT2D eigenvalue weighted by Gasteiger charge is 2.53. The molecule has 4 nitrogen and oxygen atoms in total. The molecule has 0 amide bonds. The number of benzene rings is 2. The minimum atomic E-state index is -1.06. The first-order valence-electron chi connectivity index (χ1n) is 8.05. The number of rotatable bonds is 2. The van der Waals surface area contributed by atoms with Gasteiger partial charge in [0.05, 0.1) is 18.2 Å². The SMILES string of the molecule is N#Cc1ccc([C@@]2(O)CN(c3ccccc3)C3=[N+]2CCCS3)cc1. The summed E-state index contributed by atoms with van der Waals surface area (Å²) in [5, 5.41) is 21.6. The van der Waals surface area contributed by atoms with Gasteiger partial charge in [0.1, 0.15) is 5.69 Å². The van der Waals surface area contributed by atoms with E-state index in [1.54, 1.807) is 23.9 Å². The summed E-state index contributed by atoms with van der Waals surface area (Å²) in [4.78, 5) is 2.20. The summed E-state index contributed by atoms with van der Waals surface area (Å²) in [5.74, 6) is 1.07. The molecule has 1 atom stereocenters. The van der Waals surface area contributed by atoms with Gasteiger partial charge in [0.2, 0.25) is 0 Å². The van der Waals surface area contributed by atoms with Crippen molar-refractivity contribution in [2.75, 3.05) is 23.7 Å². The van der Waals surface area contributed by atoms with E-state index in [1.807, 2.05) is 30.3 Å². The van der Waals surface area contributed by atoms with Crippen LogP contribution >= 0.6 is 11.8 Å². The smallest absolute Gasteiger partial charge is 0.316 e. The highest BCUT2D eigenvalue weighted by Crippen LogP contribution is 2.37. The van der Waals surface area contributed by atoms with E-state index in [4.69, 9.17) is 5.26 Å². The number of nitriles is 1. The fourth-order valence-corrected chi connectivity index (χ4v) is 4.55. The molecule has 0 unspecified atom stereocenters. The lowest BCUT2D eigenvalue weighted by Crippen LogP contribution is -2.41. The molecule has 0 aliphatic carbocycles. The standard InChI is InChI=1S/C19H18N3OS/c20-13-15-7-9-16(10-8-15)19(23)14-21(17-5-2-1-3-6-17)18-22(19)11-4-12-24-18/h1-3,5-10,23H,4,11-12,14H2/q+1/t19-/m0/s1. The van der Waals surface area contributed by atoms with E-state index in [-0.39, 0.29) is 0 Å². The molecule has 0 saturated heterocycles. The van der Waals surface area contributed by atoms with Gasteiger partial charge in [0.25, 0.3) is 5.72 Å². The van der Waals surface area contributed by atoms with Gasteiger partial charge in [-0.3, -0.25) is 0 Å². The van der Waals surface area contributed by atoms with Crippen molar-refractivity contribution in [1.29, 1.82) is 5.26 Å². The van der Waals surface area contributed by atoms with Gasteiger partial charge in [0, 0.05) is 11.3 Å². The Kier molecular flexibility index (Phi) is 3.79. The molecule has 2 aromatic carbocycles. The van der Waals surface area contributed by atoms with E-state index in [2.05, 4.69) is 27.7 Å². The fourth-order valence-electron chi connectivity index (χ4n) is 3.37. The fraction of sp³-hybridized carbons (Fsp3) is 0.263. The summed E-state index contributed by atoms with van der Waals surface area (Å²) in [6.45, 7) is 1.33. The average molecular weight is 336 g/mol. The number of β-amino-alcohol motifs (C(OH)–C–C–N with tert-alkyl or cyclic N) is 1. The van der Waals surface area contributed by atoms with Gasteiger partial charge in [-0.05, 0) is 42.4 Å². The number of aliphatic hydroxyl groups is 1. The lowest BCUT2D eigenvalue weighted by atomic mass is 10.0. The summed E-state index contributed by atoms with van der Waals surface area (Å²) in [6, 6.07) is 19.6. The third-order valence-corrected chi connectivity index (χ3v) is 5.78. The molecule has 4 rings (SSSR count). The molecule has 2 aromatic rings. The van der Waals surface area contributed by atoms with Crippen LogP contribution in [0.2, 0.25) is 0 Å². The first-order valence-corrected chi connectivity index (χ1v) is 9.04. The molecule has 2 heterocycles. The molecule has 1 N–H and O–H groups in total. The van der Waals surface area contributed by atoms with E-state index in [1.165, 1.54) is 0 Å². The van der Waals surface area contributed by atoms with E-state index >= 15 is 0 Å². The second-order valence-corrected chi connectivity index (χ2v) is 7.13. The van der Waals surface area contributed by atoms with E-state index in [9.17, 15) is 5.11 Å². The van der Waals surface area contributed by atoms with E-state index < -0.39 is 5.72 Å². The van der Waals surface area contributed by atoms with Gasteiger partial charge in [-0.25, -0.2) is 9.48 Å². The molecule has 5 heteroatoms. The number of anilines is 1. The zero-order valence-corrected chi connectivity index (χ0v) is 14.0. The lowest BCUT2D eigenvalue weighted by Gasteiger charge is -2.24. The first-order chi connectivity index (χ1) is 11.7. The van der Waals surface area contributed by atoms with Crippen LogP contribution < -0.4 is 4.90 Å². The molecular formula is C19H18N3OS+. The average Bonchev–Trinajstić information content (AvgIpc) is 2.97. The van der Waals surface area contributed by atoms with Gasteiger partial charge in [-0.15, -0.1) is 0 Å². The van der Waals surface area contributed by atoms with Gasteiger partial charge in [-0.1, -0.05) is 30.3 Å². The predicted octanol–water partition coefficient (Wildman–Crippen LogP) is 2.73. The second-order valence-electron chi connectivity index (χ2n) is 6.06. The summed E-state index contributed by atoms with van der Waals surface area (Å²) in [6.07, 6.45) is 1.05. The van der Waals surface area contributed by atoms with E-state index in [0.29, 0.717) is 12.1 Å². The summed E-state index contributed by atoms with van der Waals surface area (Å²) in [5.41, 5.74) is 1.47. The molecule has 0 fully saturated rings. The largest absolute Gasteiger partial charge is 0.346 e. The first kappa shape index (κ1) is 15.3. The van der Waals surface area contributed by atoms with Crippen molar-refractivity contribution in [2.24, 2.45) is 0 Å². The van der Waals surface area contributed by atoms with Crippen LogP contribution in [0.1, 0.15) is 17.5 Å². The normalized spacial score (nSPS) is 23.1. The van der Waals surface area contributed by atoms with Crippen molar-refractivity contribution in [3.05, 3.63) is 65.7 Å². The lowest BCUT2D eigenvalue weighted by molar-refractivity contribution is -0.656. The van der Waals surface area contributed by atoms with Crippen LogP contribution in [-0.4, -0.2) is 33.7 Å². The molecule has 0 bridgehead atoms. The van der Waals surface area contributed by atoms with Crippen molar-refractivity contribution in [3.8, 4) is 6.07 Å². The molecule has 120 valence electrons. The summed E-state index contributed by atoms with van der Waals surface area (Å²) >= 11 is 1.80. The third-order valence-electron chi connectivity index (χ3n) is 4.59. The van der Waals surface area contributed by atoms with Crippen molar-refractivity contribution in [1.82, 2.24) is 0 Å². The second kappa shape index (κ2) is 5.97. The highest BCUT2D eigenvalue weighted by atomic mass is 32.2. The van der Waals surface area contributed by atoms with Gasteiger partial charge < -0.3 is 5.11 Å². The van der Waals surface area contributed by atoms with Crippen LogP contribution in [0.5, 0.6) is 0 Å². The molecular weight excluding hydrogens is 318 g/mol. The maximum absolute atomic E-state index is 11.5. The number of para-hydroxylation sites is 1. The van der Waals surface area contributed by atoms with Crippen LogP contribution in [0.25, 0.3) is 0 Å². The van der Waals surface area contributed by atoms with Crippen molar-refractivity contribution in [2.45, 2.75) is 12.1 Å². The van der Waals surface area contributed by atoms with Crippen molar-refractivity contribution in [3.63, 3.8) is 0 Å². The Labute approximate surface area is 145 Å². The van der Waals surface area contributed by atoms with Crippen LogP contribution in [0.15, 0.2) is 54.6 Å². The minimum Gasteiger partial charge on any atom is -0.346 e. The minimum absolute atomic E-state index is 0.491. The molecule has 2 aliphatic heterocycles. The Morgan fingerprint density at radius 1 is 1.12 bits per heavy atom. The topological polar surface area (TPSA) is 50.3 Å². The quantitative estimate of drug-likeness (QED) is 0.857. The predicted molar refractivity (Wildman–Crippen MR) is 96.1 cm³/mol. The van der Waals surface area contributed by atoms with Crippen molar-refractivity contribution < 1.29 is 9.68 Å². The number of hydrogen-bond acceptors (Lipinski definition) is 4. The van der Waals surface area contributed by atoms with Gasteiger partial charge in [0.15, 0.2) is 6.54 Å².